The number of rotatable bonds is 8. The van der Waals surface area contributed by atoms with E-state index >= 15 is 0 Å². The van der Waals surface area contributed by atoms with Crippen molar-refractivity contribution in [2.45, 2.75) is 31.1 Å². The minimum absolute atomic E-state index is 0.0123. The van der Waals surface area contributed by atoms with Crippen LogP contribution in [0, 0.1) is 0 Å². The Morgan fingerprint density at radius 3 is 1.94 bits per heavy atom. The average molecular weight is 447 g/mol. The normalized spacial score (nSPS) is 18.9. The fourth-order valence-electron chi connectivity index (χ4n) is 3.93. The topological polar surface area (TPSA) is 66.8 Å². The van der Waals surface area contributed by atoms with Crippen molar-refractivity contribution in [1.82, 2.24) is 4.31 Å². The number of nitrogens with zero attached hydrogens (tertiary/aromatic N) is 2. The second kappa shape index (κ2) is 9.92. The fourth-order valence-corrected chi connectivity index (χ4v) is 5.79. The monoisotopic (exact) mass is 446 g/mol. The van der Waals surface area contributed by atoms with E-state index in [0.717, 1.165) is 29.1 Å². The summed E-state index contributed by atoms with van der Waals surface area (Å²) < 4.78 is 27.8. The van der Waals surface area contributed by atoms with E-state index in [9.17, 15) is 13.2 Å². The summed E-state index contributed by atoms with van der Waals surface area (Å²) in [5, 5.41) is -1.06. The Labute approximate surface area is 189 Å². The van der Waals surface area contributed by atoms with Crippen LogP contribution in [0.1, 0.15) is 34.8 Å². The van der Waals surface area contributed by atoms with Gasteiger partial charge in [-0.3, -0.25) is 9.79 Å². The highest BCUT2D eigenvalue weighted by Crippen LogP contribution is 2.35. The molecule has 0 aromatic heterocycles. The molecule has 4 rings (SSSR count). The first kappa shape index (κ1) is 22.0. The summed E-state index contributed by atoms with van der Waals surface area (Å²) in [6.07, 6.45) is 2.64. The third kappa shape index (κ3) is 4.81. The Morgan fingerprint density at radius 1 is 0.750 bits per heavy atom. The summed E-state index contributed by atoms with van der Waals surface area (Å²) in [7, 11) is -3.91. The molecule has 32 heavy (non-hydrogen) atoms. The standard InChI is InChI=1S/C26H26N2O3S/c29-26-24(27-19-11-10-14-21-12-4-1-5-13-21)25(23-17-8-3-9-18-23)32(30,31)28(26)20-22-15-6-2-7-16-22/h1-9,12-13,15-18,25H,10-11,14,19-20H2. The number of sulfonamides is 1. The van der Waals surface area contributed by atoms with Crippen molar-refractivity contribution in [2.24, 2.45) is 4.99 Å². The van der Waals surface area contributed by atoms with Crippen molar-refractivity contribution in [3.8, 4) is 0 Å². The van der Waals surface area contributed by atoms with Gasteiger partial charge in [-0.25, -0.2) is 12.7 Å². The summed E-state index contributed by atoms with van der Waals surface area (Å²) in [5.74, 6) is -0.522. The van der Waals surface area contributed by atoms with Gasteiger partial charge >= 0.3 is 0 Å². The van der Waals surface area contributed by atoms with Gasteiger partial charge in [0.05, 0.1) is 6.54 Å². The molecular formula is C26H26N2O3S. The van der Waals surface area contributed by atoms with E-state index in [1.165, 1.54) is 5.56 Å². The summed E-state index contributed by atoms with van der Waals surface area (Å²) in [6, 6.07) is 28.2. The van der Waals surface area contributed by atoms with Gasteiger partial charge in [0, 0.05) is 6.54 Å². The quantitative estimate of drug-likeness (QED) is 0.476. The van der Waals surface area contributed by atoms with Crippen molar-refractivity contribution in [2.75, 3.05) is 6.54 Å². The van der Waals surface area contributed by atoms with E-state index < -0.39 is 21.2 Å². The Morgan fingerprint density at radius 2 is 1.31 bits per heavy atom. The van der Waals surface area contributed by atoms with Gasteiger partial charge in [-0.15, -0.1) is 0 Å². The van der Waals surface area contributed by atoms with Crippen LogP contribution < -0.4 is 0 Å². The smallest absolute Gasteiger partial charge is 0.282 e. The molecule has 0 N–H and O–H groups in total. The highest BCUT2D eigenvalue weighted by Gasteiger charge is 2.50. The van der Waals surface area contributed by atoms with Crippen molar-refractivity contribution in [3.05, 3.63) is 108 Å². The first-order valence-corrected chi connectivity index (χ1v) is 12.3. The predicted molar refractivity (Wildman–Crippen MR) is 127 cm³/mol. The van der Waals surface area contributed by atoms with Gasteiger partial charge in [0.15, 0.2) is 5.25 Å². The zero-order valence-electron chi connectivity index (χ0n) is 17.8. The Kier molecular flexibility index (Phi) is 6.81. The molecule has 6 heteroatoms. The van der Waals surface area contributed by atoms with Crippen LogP contribution in [0.15, 0.2) is 96.0 Å². The molecule has 1 amide bonds. The highest BCUT2D eigenvalue weighted by molar-refractivity contribution is 7.91. The maximum Gasteiger partial charge on any atom is 0.283 e. The Balaban J connectivity index is 1.55. The lowest BCUT2D eigenvalue weighted by atomic mass is 10.1. The largest absolute Gasteiger partial charge is 0.283 e. The Bertz CT molecular complexity index is 1180. The number of carbonyl (C=O) groups excluding carboxylic acids is 1. The van der Waals surface area contributed by atoms with Crippen LogP contribution in [-0.4, -0.2) is 30.9 Å². The number of hydrogen-bond donors (Lipinski definition) is 0. The van der Waals surface area contributed by atoms with E-state index in [-0.39, 0.29) is 12.3 Å². The molecule has 1 unspecified atom stereocenters. The minimum atomic E-state index is -3.91. The molecule has 0 aliphatic carbocycles. The van der Waals surface area contributed by atoms with Gasteiger partial charge in [0.1, 0.15) is 5.71 Å². The minimum Gasteiger partial charge on any atom is -0.282 e. The number of aliphatic imine (C=N–C) groups is 1. The van der Waals surface area contributed by atoms with Gasteiger partial charge in [-0.05, 0) is 36.0 Å². The molecule has 0 radical (unpaired) electrons. The number of aryl methyl sites for hydroxylation is 1. The zero-order chi connectivity index (χ0) is 22.4. The van der Waals surface area contributed by atoms with Crippen LogP contribution in [-0.2, 0) is 27.8 Å². The molecule has 3 aromatic rings. The third-order valence-electron chi connectivity index (χ3n) is 5.57. The molecule has 1 aliphatic heterocycles. The zero-order valence-corrected chi connectivity index (χ0v) is 18.6. The second-order valence-electron chi connectivity index (χ2n) is 7.84. The van der Waals surface area contributed by atoms with E-state index in [4.69, 9.17) is 0 Å². The Hall–Kier alpha value is -3.25. The van der Waals surface area contributed by atoms with E-state index in [2.05, 4.69) is 17.1 Å². The lowest BCUT2D eigenvalue weighted by molar-refractivity contribution is -0.119. The van der Waals surface area contributed by atoms with Crippen LogP contribution in [0.4, 0.5) is 0 Å². The van der Waals surface area contributed by atoms with Crippen molar-refractivity contribution in [3.63, 3.8) is 0 Å². The van der Waals surface area contributed by atoms with E-state index in [1.807, 2.05) is 54.6 Å². The van der Waals surface area contributed by atoms with Crippen molar-refractivity contribution in [1.29, 1.82) is 0 Å². The first-order valence-electron chi connectivity index (χ1n) is 10.8. The molecule has 1 aliphatic rings. The average Bonchev–Trinajstić information content (AvgIpc) is 3.00. The number of hydrogen-bond acceptors (Lipinski definition) is 4. The number of benzene rings is 3. The molecule has 1 atom stereocenters. The summed E-state index contributed by atoms with van der Waals surface area (Å²) in [6.45, 7) is 0.435. The molecule has 0 bridgehead atoms. The summed E-state index contributed by atoms with van der Waals surface area (Å²) >= 11 is 0. The molecule has 1 heterocycles. The van der Waals surface area contributed by atoms with Gasteiger partial charge < -0.3 is 0 Å². The van der Waals surface area contributed by atoms with E-state index in [1.54, 1.807) is 24.3 Å². The number of carbonyl (C=O) groups is 1. The van der Waals surface area contributed by atoms with E-state index in [0.29, 0.717) is 12.1 Å². The van der Waals surface area contributed by atoms with Gasteiger partial charge in [0.2, 0.25) is 0 Å². The molecule has 1 fully saturated rings. The maximum absolute atomic E-state index is 13.4. The number of unbranched alkanes of at least 4 members (excludes halogenated alkanes) is 1. The highest BCUT2D eigenvalue weighted by atomic mass is 32.2. The van der Waals surface area contributed by atoms with Crippen LogP contribution in [0.2, 0.25) is 0 Å². The first-order chi connectivity index (χ1) is 15.6. The second-order valence-corrected chi connectivity index (χ2v) is 9.78. The molecule has 1 saturated heterocycles. The van der Waals surface area contributed by atoms with Crippen LogP contribution in [0.5, 0.6) is 0 Å². The molecule has 0 saturated carbocycles. The molecule has 5 nitrogen and oxygen atoms in total. The van der Waals surface area contributed by atoms with Crippen molar-refractivity contribution < 1.29 is 13.2 Å². The van der Waals surface area contributed by atoms with Crippen LogP contribution in [0.25, 0.3) is 0 Å². The van der Waals surface area contributed by atoms with Crippen molar-refractivity contribution >= 4 is 21.6 Å². The third-order valence-corrected chi connectivity index (χ3v) is 7.57. The molecular weight excluding hydrogens is 420 g/mol. The summed E-state index contributed by atoms with van der Waals surface area (Å²) in [4.78, 5) is 17.7. The van der Waals surface area contributed by atoms with Gasteiger partial charge in [0.25, 0.3) is 15.9 Å². The fraction of sp³-hybridized carbons (Fsp3) is 0.231. The molecule has 0 spiro atoms. The number of amides is 1. The molecule has 3 aromatic carbocycles. The SMILES string of the molecule is O=C1C(=NCCCCc2ccccc2)C(c2ccccc2)S(=O)(=O)N1Cc1ccccc1. The lowest BCUT2D eigenvalue weighted by Gasteiger charge is -2.16. The predicted octanol–water partition coefficient (Wildman–Crippen LogP) is 4.56. The van der Waals surface area contributed by atoms with Gasteiger partial charge in [-0.1, -0.05) is 91.0 Å². The molecule has 164 valence electrons. The lowest BCUT2D eigenvalue weighted by Crippen LogP contribution is -2.30. The van der Waals surface area contributed by atoms with Crippen LogP contribution >= 0.6 is 0 Å². The summed E-state index contributed by atoms with van der Waals surface area (Å²) in [5.41, 5.74) is 2.71. The maximum atomic E-state index is 13.4. The van der Waals surface area contributed by atoms with Gasteiger partial charge in [-0.2, -0.15) is 0 Å². The van der Waals surface area contributed by atoms with Crippen LogP contribution in [0.3, 0.4) is 0 Å².